The summed E-state index contributed by atoms with van der Waals surface area (Å²) in [5.74, 6) is 1.28. The lowest BCUT2D eigenvalue weighted by molar-refractivity contribution is -0.125. The van der Waals surface area contributed by atoms with E-state index in [0.29, 0.717) is 19.1 Å². The minimum atomic E-state index is 0. The van der Waals surface area contributed by atoms with Gasteiger partial charge in [0.2, 0.25) is 5.91 Å². The molecule has 1 aromatic rings. The van der Waals surface area contributed by atoms with Crippen molar-refractivity contribution in [2.45, 2.75) is 57.9 Å². The van der Waals surface area contributed by atoms with Gasteiger partial charge >= 0.3 is 0 Å². The highest BCUT2D eigenvalue weighted by Crippen LogP contribution is 2.28. The van der Waals surface area contributed by atoms with Crippen LogP contribution in [0.2, 0.25) is 0 Å². The number of thiophene rings is 1. The van der Waals surface area contributed by atoms with Crippen LogP contribution in [0.3, 0.4) is 0 Å². The number of nitrogens with one attached hydrogen (secondary N) is 3. The lowest BCUT2D eigenvalue weighted by Gasteiger charge is -2.25. The number of guanidine groups is 1. The Kier molecular flexibility index (Phi) is 12.1. The Morgan fingerprint density at radius 1 is 1.13 bits per heavy atom. The first kappa shape index (κ1) is 25.4. The van der Waals surface area contributed by atoms with Crippen molar-refractivity contribution in [1.82, 2.24) is 20.9 Å². The maximum Gasteiger partial charge on any atom is 0.223 e. The number of amides is 1. The van der Waals surface area contributed by atoms with Crippen LogP contribution in [0.4, 0.5) is 0 Å². The predicted octanol–water partition coefficient (Wildman–Crippen LogP) is 3.75. The number of likely N-dealkylation sites (tertiary alicyclic amines) is 1. The summed E-state index contributed by atoms with van der Waals surface area (Å²) in [5, 5.41) is 12.0. The summed E-state index contributed by atoms with van der Waals surface area (Å²) in [6.07, 6.45) is 8.31. The van der Waals surface area contributed by atoms with Crippen molar-refractivity contribution in [3.8, 4) is 0 Å². The molecule has 0 spiro atoms. The maximum absolute atomic E-state index is 12.3. The Morgan fingerprint density at radius 2 is 1.87 bits per heavy atom. The van der Waals surface area contributed by atoms with Gasteiger partial charge in [0.15, 0.2) is 5.96 Å². The van der Waals surface area contributed by atoms with Crippen LogP contribution in [0.15, 0.2) is 22.5 Å². The van der Waals surface area contributed by atoms with Crippen LogP contribution in [-0.2, 0) is 4.79 Å². The van der Waals surface area contributed by atoms with Crippen molar-refractivity contribution in [3.63, 3.8) is 0 Å². The van der Waals surface area contributed by atoms with E-state index >= 15 is 0 Å². The highest BCUT2D eigenvalue weighted by molar-refractivity contribution is 14.0. The van der Waals surface area contributed by atoms with Gasteiger partial charge in [0, 0.05) is 30.4 Å². The van der Waals surface area contributed by atoms with E-state index in [9.17, 15) is 4.79 Å². The highest BCUT2D eigenvalue weighted by atomic mass is 127. The molecule has 0 aromatic carbocycles. The average Bonchev–Trinajstić information content (AvgIpc) is 3.46. The Balaban J connectivity index is 0.00000320. The van der Waals surface area contributed by atoms with Crippen LogP contribution in [-0.4, -0.2) is 56.0 Å². The molecule has 1 aromatic heterocycles. The Bertz CT molecular complexity index is 627. The monoisotopic (exact) mass is 547 g/mol. The fourth-order valence-electron chi connectivity index (χ4n) is 4.31. The van der Waals surface area contributed by atoms with Crippen molar-refractivity contribution >= 4 is 47.2 Å². The summed E-state index contributed by atoms with van der Waals surface area (Å²) in [5.41, 5.74) is 0. The quantitative estimate of drug-likeness (QED) is 0.191. The van der Waals surface area contributed by atoms with E-state index in [-0.39, 0.29) is 35.8 Å². The summed E-state index contributed by atoms with van der Waals surface area (Å²) < 4.78 is 0. The number of aliphatic imine (C=N–C) groups is 1. The van der Waals surface area contributed by atoms with Crippen LogP contribution in [0, 0.1) is 5.92 Å². The van der Waals surface area contributed by atoms with Crippen molar-refractivity contribution in [3.05, 3.63) is 22.4 Å². The van der Waals surface area contributed by atoms with E-state index in [0.717, 1.165) is 45.0 Å². The molecule has 30 heavy (non-hydrogen) atoms. The lowest BCUT2D eigenvalue weighted by atomic mass is 9.89. The molecule has 0 radical (unpaired) electrons. The van der Waals surface area contributed by atoms with E-state index in [1.165, 1.54) is 37.0 Å². The van der Waals surface area contributed by atoms with Gasteiger partial charge < -0.3 is 16.0 Å². The fraction of sp³-hybridized carbons (Fsp3) is 0.727. The van der Waals surface area contributed by atoms with Gasteiger partial charge in [-0.15, -0.1) is 35.3 Å². The molecule has 1 saturated heterocycles. The minimum absolute atomic E-state index is 0. The average molecular weight is 548 g/mol. The third-order valence-electron chi connectivity index (χ3n) is 5.91. The topological polar surface area (TPSA) is 68.8 Å². The van der Waals surface area contributed by atoms with Crippen molar-refractivity contribution in [2.24, 2.45) is 10.9 Å². The third kappa shape index (κ3) is 8.00. The first-order chi connectivity index (χ1) is 14.3. The van der Waals surface area contributed by atoms with Crippen LogP contribution in [0.25, 0.3) is 0 Å². The summed E-state index contributed by atoms with van der Waals surface area (Å²) in [6.45, 7) is 7.32. The zero-order chi connectivity index (χ0) is 20.3. The summed E-state index contributed by atoms with van der Waals surface area (Å²) in [6, 6.07) is 4.72. The molecule has 1 saturated carbocycles. The van der Waals surface area contributed by atoms with Gasteiger partial charge in [-0.05, 0) is 57.1 Å². The van der Waals surface area contributed by atoms with E-state index < -0.39 is 0 Å². The zero-order valence-electron chi connectivity index (χ0n) is 18.2. The Hall–Kier alpha value is -0.870. The Labute approximate surface area is 202 Å². The van der Waals surface area contributed by atoms with Crippen molar-refractivity contribution in [2.75, 3.05) is 39.3 Å². The van der Waals surface area contributed by atoms with E-state index in [4.69, 9.17) is 4.99 Å². The number of carbonyl (C=O) groups excluding carboxylic acids is 1. The highest BCUT2D eigenvalue weighted by Gasteiger charge is 2.24. The normalized spacial score (nSPS) is 19.2. The second kappa shape index (κ2) is 14.2. The molecule has 170 valence electrons. The van der Waals surface area contributed by atoms with E-state index in [2.05, 4.69) is 45.3 Å². The predicted molar refractivity (Wildman–Crippen MR) is 137 cm³/mol. The van der Waals surface area contributed by atoms with Gasteiger partial charge in [0.1, 0.15) is 0 Å². The molecule has 1 aliphatic heterocycles. The van der Waals surface area contributed by atoms with Gasteiger partial charge in [0.05, 0.1) is 12.6 Å². The smallest absolute Gasteiger partial charge is 0.223 e. The molecule has 1 atom stereocenters. The molecular formula is C22H38IN5OS. The first-order valence-electron chi connectivity index (χ1n) is 11.3. The zero-order valence-corrected chi connectivity index (χ0v) is 21.3. The molecule has 1 unspecified atom stereocenters. The number of hydrogen-bond acceptors (Lipinski definition) is 4. The maximum atomic E-state index is 12.3. The number of rotatable bonds is 9. The molecule has 2 heterocycles. The second-order valence-corrected chi connectivity index (χ2v) is 9.03. The largest absolute Gasteiger partial charge is 0.357 e. The molecule has 2 fully saturated rings. The standard InChI is InChI=1S/C22H37N5OS.HI/c1-2-23-22(25-13-12-24-21(28)18-9-4-3-5-10-18)26-17-19(20-11-8-16-29-20)27-14-6-7-15-27;/h8,11,16,18-19H,2-7,9-10,12-15,17H2,1H3,(H,24,28)(H2,23,25,26);1H. The van der Waals surface area contributed by atoms with Crippen LogP contribution < -0.4 is 16.0 Å². The molecule has 6 nitrogen and oxygen atoms in total. The number of hydrogen-bond donors (Lipinski definition) is 3. The summed E-state index contributed by atoms with van der Waals surface area (Å²) >= 11 is 1.82. The lowest BCUT2D eigenvalue weighted by Crippen LogP contribution is -2.43. The Morgan fingerprint density at radius 3 is 2.53 bits per heavy atom. The number of halogens is 1. The van der Waals surface area contributed by atoms with E-state index in [1.54, 1.807) is 0 Å². The summed E-state index contributed by atoms with van der Waals surface area (Å²) in [7, 11) is 0. The molecule has 3 rings (SSSR count). The SMILES string of the molecule is CCNC(=NCC(c1cccs1)N1CCCC1)NCCNC(=O)C1CCCCC1.I. The minimum Gasteiger partial charge on any atom is -0.357 e. The van der Waals surface area contributed by atoms with Gasteiger partial charge in [-0.2, -0.15) is 0 Å². The fourth-order valence-corrected chi connectivity index (χ4v) is 5.17. The van der Waals surface area contributed by atoms with Crippen LogP contribution in [0.5, 0.6) is 0 Å². The summed E-state index contributed by atoms with van der Waals surface area (Å²) in [4.78, 5) is 21.1. The van der Waals surface area contributed by atoms with Gasteiger partial charge in [-0.3, -0.25) is 14.7 Å². The van der Waals surface area contributed by atoms with Crippen molar-refractivity contribution < 1.29 is 4.79 Å². The van der Waals surface area contributed by atoms with Gasteiger partial charge in [-0.1, -0.05) is 25.3 Å². The first-order valence-corrected chi connectivity index (χ1v) is 12.2. The van der Waals surface area contributed by atoms with Gasteiger partial charge in [0.25, 0.3) is 0 Å². The molecule has 2 aliphatic rings. The van der Waals surface area contributed by atoms with Crippen molar-refractivity contribution in [1.29, 1.82) is 0 Å². The van der Waals surface area contributed by atoms with Crippen LogP contribution in [0.1, 0.15) is 62.8 Å². The number of nitrogens with zero attached hydrogens (tertiary/aromatic N) is 2. The molecule has 8 heteroatoms. The third-order valence-corrected chi connectivity index (χ3v) is 6.89. The molecular weight excluding hydrogens is 509 g/mol. The van der Waals surface area contributed by atoms with E-state index in [1.807, 2.05) is 11.3 Å². The molecule has 1 aliphatic carbocycles. The number of carbonyl (C=O) groups is 1. The molecule has 0 bridgehead atoms. The molecule has 3 N–H and O–H groups in total. The molecule has 1 amide bonds. The second-order valence-electron chi connectivity index (χ2n) is 8.05. The van der Waals surface area contributed by atoms with Gasteiger partial charge in [-0.25, -0.2) is 0 Å². The van der Waals surface area contributed by atoms with Crippen LogP contribution >= 0.6 is 35.3 Å².